The van der Waals surface area contributed by atoms with Gasteiger partial charge in [-0.1, -0.05) is 18.2 Å². The maximum absolute atomic E-state index is 13.4. The van der Waals surface area contributed by atoms with Crippen molar-refractivity contribution < 1.29 is 13.6 Å². The van der Waals surface area contributed by atoms with Crippen LogP contribution in [-0.4, -0.2) is 45.8 Å². The Morgan fingerprint density at radius 3 is 2.93 bits per heavy atom. The Balaban J connectivity index is 1.38. The molecule has 0 N–H and O–H groups in total. The Bertz CT molecular complexity index is 992. The van der Waals surface area contributed by atoms with Crippen molar-refractivity contribution in [2.24, 2.45) is 0 Å². The highest BCUT2D eigenvalue weighted by Gasteiger charge is 2.33. The van der Waals surface area contributed by atoms with E-state index in [2.05, 4.69) is 9.97 Å². The summed E-state index contributed by atoms with van der Waals surface area (Å²) in [7, 11) is 1.93. The van der Waals surface area contributed by atoms with Crippen molar-refractivity contribution in [1.82, 2.24) is 19.8 Å². The lowest BCUT2D eigenvalue weighted by Crippen LogP contribution is -2.38. The predicted molar refractivity (Wildman–Crippen MR) is 110 cm³/mol. The molecule has 1 fully saturated rings. The van der Waals surface area contributed by atoms with Crippen LogP contribution in [0.5, 0.6) is 0 Å². The molecule has 156 valence electrons. The van der Waals surface area contributed by atoms with E-state index in [-0.39, 0.29) is 17.8 Å². The number of likely N-dealkylation sites (tertiary alicyclic amines) is 1. The largest absolute Gasteiger partial charge is 0.443 e. The number of hydrogen-bond donors (Lipinski definition) is 0. The third-order valence-electron chi connectivity index (χ3n) is 5.28. The van der Waals surface area contributed by atoms with Crippen molar-refractivity contribution in [2.75, 3.05) is 20.1 Å². The van der Waals surface area contributed by atoms with Crippen molar-refractivity contribution in [2.45, 2.75) is 31.8 Å². The summed E-state index contributed by atoms with van der Waals surface area (Å²) in [6.07, 6.45) is 7.45. The molecular weight excluding hydrogens is 383 g/mol. The van der Waals surface area contributed by atoms with Gasteiger partial charge < -0.3 is 9.32 Å². The first-order chi connectivity index (χ1) is 14.6. The molecule has 0 bridgehead atoms. The van der Waals surface area contributed by atoms with E-state index >= 15 is 0 Å². The zero-order valence-corrected chi connectivity index (χ0v) is 17.0. The van der Waals surface area contributed by atoms with Crippen LogP contribution in [-0.2, 0) is 17.8 Å². The standard InChI is InChI=1S/C23H25FN4O2/c1-27(15-18-6-3-9-25-13-18)16-22(29)28-10-4-8-21(28)23-26-14-20(30-23)12-17-5-2-7-19(24)11-17/h2-3,5-7,9,11,13-14,21H,4,8,10,12,15-16H2,1H3. The number of nitrogens with zero attached hydrogens (tertiary/aromatic N) is 4. The molecule has 4 rings (SSSR count). The third kappa shape index (κ3) is 4.91. The Kier molecular flexibility index (Phi) is 6.18. The smallest absolute Gasteiger partial charge is 0.237 e. The van der Waals surface area contributed by atoms with Crippen LogP contribution in [0.1, 0.15) is 41.7 Å². The zero-order chi connectivity index (χ0) is 20.9. The van der Waals surface area contributed by atoms with Gasteiger partial charge in [0.05, 0.1) is 12.7 Å². The van der Waals surface area contributed by atoms with Gasteiger partial charge in [-0.25, -0.2) is 9.37 Å². The lowest BCUT2D eigenvalue weighted by Gasteiger charge is -2.25. The average Bonchev–Trinajstić information content (AvgIpc) is 3.38. The van der Waals surface area contributed by atoms with Gasteiger partial charge in [-0.3, -0.25) is 14.7 Å². The van der Waals surface area contributed by atoms with Gasteiger partial charge in [-0.2, -0.15) is 0 Å². The second-order valence-corrected chi connectivity index (χ2v) is 7.75. The molecule has 1 aliphatic heterocycles. The number of hydrogen-bond acceptors (Lipinski definition) is 5. The fourth-order valence-electron chi connectivity index (χ4n) is 3.91. The SMILES string of the molecule is CN(CC(=O)N1CCCC1c1ncc(Cc2cccc(F)c2)o1)Cc1cccnc1. The molecule has 1 aliphatic rings. The summed E-state index contributed by atoms with van der Waals surface area (Å²) in [5.74, 6) is 1.02. The summed E-state index contributed by atoms with van der Waals surface area (Å²) >= 11 is 0. The second-order valence-electron chi connectivity index (χ2n) is 7.75. The maximum Gasteiger partial charge on any atom is 0.237 e. The van der Waals surface area contributed by atoms with Crippen molar-refractivity contribution in [1.29, 1.82) is 0 Å². The third-order valence-corrected chi connectivity index (χ3v) is 5.28. The van der Waals surface area contributed by atoms with Crippen molar-refractivity contribution in [3.8, 4) is 0 Å². The van der Waals surface area contributed by atoms with Crippen molar-refractivity contribution >= 4 is 5.91 Å². The van der Waals surface area contributed by atoms with E-state index in [0.717, 1.165) is 24.0 Å². The topological polar surface area (TPSA) is 62.5 Å². The highest BCUT2D eigenvalue weighted by Crippen LogP contribution is 2.32. The van der Waals surface area contributed by atoms with E-state index in [4.69, 9.17) is 4.42 Å². The molecule has 7 heteroatoms. The van der Waals surface area contributed by atoms with Gasteiger partial charge in [-0.15, -0.1) is 0 Å². The molecule has 3 heterocycles. The average molecular weight is 408 g/mol. The normalized spacial score (nSPS) is 16.4. The Labute approximate surface area is 175 Å². The molecule has 0 aliphatic carbocycles. The second kappa shape index (κ2) is 9.17. The van der Waals surface area contributed by atoms with Gasteiger partial charge in [0.2, 0.25) is 11.8 Å². The summed E-state index contributed by atoms with van der Waals surface area (Å²) in [6.45, 7) is 1.68. The van der Waals surface area contributed by atoms with Gasteiger partial charge >= 0.3 is 0 Å². The number of benzene rings is 1. The Hall–Kier alpha value is -3.06. The molecular formula is C23H25FN4O2. The number of halogens is 1. The van der Waals surface area contributed by atoms with Crippen LogP contribution in [0.3, 0.4) is 0 Å². The number of pyridine rings is 1. The van der Waals surface area contributed by atoms with Crippen molar-refractivity contribution in [3.63, 3.8) is 0 Å². The van der Waals surface area contributed by atoms with Crippen LogP contribution in [0.2, 0.25) is 0 Å². The van der Waals surface area contributed by atoms with Gasteiger partial charge in [0.15, 0.2) is 0 Å². The van der Waals surface area contributed by atoms with Crippen LogP contribution in [0.25, 0.3) is 0 Å². The molecule has 3 aromatic rings. The molecule has 1 atom stereocenters. The van der Waals surface area contributed by atoms with Crippen LogP contribution in [0.15, 0.2) is 59.4 Å². The van der Waals surface area contributed by atoms with Crippen LogP contribution >= 0.6 is 0 Å². The van der Waals surface area contributed by atoms with Gasteiger partial charge in [0.1, 0.15) is 17.6 Å². The minimum atomic E-state index is -0.268. The number of carbonyl (C=O) groups is 1. The minimum Gasteiger partial charge on any atom is -0.443 e. The minimum absolute atomic E-state index is 0.0637. The molecule has 1 saturated heterocycles. The first-order valence-corrected chi connectivity index (χ1v) is 10.1. The first kappa shape index (κ1) is 20.2. The van der Waals surface area contributed by atoms with E-state index in [1.807, 2.05) is 41.2 Å². The summed E-state index contributed by atoms with van der Waals surface area (Å²) in [5.41, 5.74) is 1.90. The molecule has 0 radical (unpaired) electrons. The van der Waals surface area contributed by atoms with Gasteiger partial charge in [0.25, 0.3) is 0 Å². The number of carbonyl (C=O) groups excluding carboxylic acids is 1. The van der Waals surface area contributed by atoms with E-state index in [1.165, 1.54) is 12.1 Å². The fraction of sp³-hybridized carbons (Fsp3) is 0.348. The maximum atomic E-state index is 13.4. The summed E-state index contributed by atoms with van der Waals surface area (Å²) in [4.78, 5) is 25.3. The van der Waals surface area contributed by atoms with E-state index in [1.54, 1.807) is 18.5 Å². The summed E-state index contributed by atoms with van der Waals surface area (Å²) in [5, 5.41) is 0. The number of aromatic nitrogens is 2. The number of amides is 1. The van der Waals surface area contributed by atoms with E-state index in [0.29, 0.717) is 37.7 Å². The first-order valence-electron chi connectivity index (χ1n) is 10.1. The zero-order valence-electron chi connectivity index (χ0n) is 17.0. The highest BCUT2D eigenvalue weighted by atomic mass is 19.1. The van der Waals surface area contributed by atoms with Gasteiger partial charge in [0, 0.05) is 31.9 Å². The quantitative estimate of drug-likeness (QED) is 0.598. The molecule has 1 aromatic carbocycles. The molecule has 1 amide bonds. The van der Waals surface area contributed by atoms with Crippen LogP contribution in [0, 0.1) is 5.82 Å². The number of rotatable bonds is 7. The molecule has 2 aromatic heterocycles. The Morgan fingerprint density at radius 2 is 2.13 bits per heavy atom. The highest BCUT2D eigenvalue weighted by molar-refractivity contribution is 5.79. The molecule has 30 heavy (non-hydrogen) atoms. The lowest BCUT2D eigenvalue weighted by molar-refractivity contribution is -0.133. The van der Waals surface area contributed by atoms with Crippen LogP contribution in [0.4, 0.5) is 4.39 Å². The van der Waals surface area contributed by atoms with E-state index in [9.17, 15) is 9.18 Å². The predicted octanol–water partition coefficient (Wildman–Crippen LogP) is 3.60. The van der Waals surface area contributed by atoms with E-state index < -0.39 is 0 Å². The fourth-order valence-corrected chi connectivity index (χ4v) is 3.91. The van der Waals surface area contributed by atoms with Gasteiger partial charge in [-0.05, 0) is 49.2 Å². The van der Waals surface area contributed by atoms with Crippen LogP contribution < -0.4 is 0 Å². The monoisotopic (exact) mass is 408 g/mol. The Morgan fingerprint density at radius 1 is 1.27 bits per heavy atom. The summed E-state index contributed by atoms with van der Waals surface area (Å²) in [6, 6.07) is 10.2. The molecule has 0 spiro atoms. The molecule has 0 saturated carbocycles. The lowest BCUT2D eigenvalue weighted by atomic mass is 10.1. The summed E-state index contributed by atoms with van der Waals surface area (Å²) < 4.78 is 19.3. The molecule has 1 unspecified atom stereocenters. The number of likely N-dealkylation sites (N-methyl/N-ethyl adjacent to an activating group) is 1. The van der Waals surface area contributed by atoms with Crippen molar-refractivity contribution in [3.05, 3.63) is 83.6 Å². The molecule has 6 nitrogen and oxygen atoms in total. The number of oxazole rings is 1.